The zero-order chi connectivity index (χ0) is 15.7. The quantitative estimate of drug-likeness (QED) is 0.805. The Balaban J connectivity index is 1.84. The zero-order valence-corrected chi connectivity index (χ0v) is 13.3. The first-order valence-electron chi connectivity index (χ1n) is 7.66. The first-order chi connectivity index (χ1) is 10.6. The van der Waals surface area contributed by atoms with Gasteiger partial charge in [0.05, 0.1) is 6.54 Å². The number of halogens is 1. The number of rotatable bonds is 3. The van der Waals surface area contributed by atoms with Crippen LogP contribution in [0.4, 0.5) is 0 Å². The van der Waals surface area contributed by atoms with Gasteiger partial charge in [0.2, 0.25) is 0 Å². The maximum atomic E-state index is 12.7. The molecule has 2 aliphatic rings. The van der Waals surface area contributed by atoms with E-state index in [0.717, 1.165) is 31.4 Å². The summed E-state index contributed by atoms with van der Waals surface area (Å²) in [6, 6.07) is 9.73. The van der Waals surface area contributed by atoms with Gasteiger partial charge < -0.3 is 4.90 Å². The van der Waals surface area contributed by atoms with Gasteiger partial charge in [-0.15, -0.1) is 0 Å². The van der Waals surface area contributed by atoms with Crippen LogP contribution in [-0.4, -0.2) is 34.2 Å². The third-order valence-corrected chi connectivity index (χ3v) is 4.70. The smallest absolute Gasteiger partial charge is 0.279 e. The number of nitrogens with zero attached hydrogens (tertiary/aromatic N) is 2. The first kappa shape index (κ1) is 15.1. The van der Waals surface area contributed by atoms with E-state index in [2.05, 4.69) is 6.92 Å². The topological polar surface area (TPSA) is 40.6 Å². The van der Waals surface area contributed by atoms with Crippen LogP contribution in [0.15, 0.2) is 41.1 Å². The number of hydrogen-bond acceptors (Lipinski definition) is 3. The van der Waals surface area contributed by atoms with E-state index >= 15 is 0 Å². The molecule has 1 atom stereocenters. The van der Waals surface area contributed by atoms with E-state index < -0.39 is 0 Å². The van der Waals surface area contributed by atoms with Crippen molar-refractivity contribution in [3.63, 3.8) is 0 Å². The fraction of sp³-hybridized carbons (Fsp3) is 0.412. The highest BCUT2D eigenvalue weighted by molar-refractivity contribution is 6.47. The van der Waals surface area contributed by atoms with Crippen molar-refractivity contribution in [3.05, 3.63) is 46.6 Å². The minimum atomic E-state index is -0.386. The molecule has 0 radical (unpaired) electrons. The molecule has 5 heteroatoms. The minimum Gasteiger partial charge on any atom is -0.363 e. The lowest BCUT2D eigenvalue weighted by atomic mass is 10.0. The third-order valence-electron chi connectivity index (χ3n) is 4.36. The fourth-order valence-corrected chi connectivity index (χ4v) is 3.41. The molecule has 0 bridgehead atoms. The molecule has 0 aromatic heterocycles. The van der Waals surface area contributed by atoms with E-state index in [-0.39, 0.29) is 29.4 Å². The molecule has 0 spiro atoms. The summed E-state index contributed by atoms with van der Waals surface area (Å²) in [7, 11) is 0. The molecule has 116 valence electrons. The second kappa shape index (κ2) is 6.13. The van der Waals surface area contributed by atoms with Crippen molar-refractivity contribution >= 4 is 23.4 Å². The van der Waals surface area contributed by atoms with Gasteiger partial charge in [0.15, 0.2) is 0 Å². The Morgan fingerprint density at radius 2 is 1.86 bits per heavy atom. The highest BCUT2D eigenvalue weighted by Gasteiger charge is 2.41. The van der Waals surface area contributed by atoms with E-state index in [0.29, 0.717) is 5.70 Å². The third kappa shape index (κ3) is 2.63. The summed E-state index contributed by atoms with van der Waals surface area (Å²) in [4.78, 5) is 28.3. The van der Waals surface area contributed by atoms with Gasteiger partial charge >= 0.3 is 0 Å². The second-order valence-corrected chi connectivity index (χ2v) is 6.26. The monoisotopic (exact) mass is 318 g/mol. The minimum absolute atomic E-state index is 0.0645. The summed E-state index contributed by atoms with van der Waals surface area (Å²) in [5.74, 6) is -0.657. The molecule has 2 heterocycles. The highest BCUT2D eigenvalue weighted by atomic mass is 35.5. The van der Waals surface area contributed by atoms with E-state index in [1.54, 1.807) is 0 Å². The maximum absolute atomic E-state index is 12.7. The number of likely N-dealkylation sites (tertiary alicyclic amines) is 1. The summed E-state index contributed by atoms with van der Waals surface area (Å²) >= 11 is 6.21. The number of piperidine rings is 1. The van der Waals surface area contributed by atoms with Crippen LogP contribution in [0.3, 0.4) is 0 Å². The Morgan fingerprint density at radius 1 is 1.14 bits per heavy atom. The molecule has 2 amide bonds. The standard InChI is InChI=1S/C17H19ClN2O2/c1-12-7-5-6-10-19(12)15-14(18)16(21)20(17(15)22)11-13-8-3-2-4-9-13/h2-4,8-9,12H,5-7,10-11H2,1H3. The van der Waals surface area contributed by atoms with Crippen LogP contribution in [0.1, 0.15) is 31.7 Å². The molecule has 2 aliphatic heterocycles. The number of hydrogen-bond donors (Lipinski definition) is 0. The Kier molecular flexibility index (Phi) is 4.21. The van der Waals surface area contributed by atoms with Crippen LogP contribution in [0.2, 0.25) is 0 Å². The van der Waals surface area contributed by atoms with Crippen LogP contribution < -0.4 is 0 Å². The van der Waals surface area contributed by atoms with Gasteiger partial charge in [0.1, 0.15) is 10.7 Å². The molecule has 1 fully saturated rings. The fourth-order valence-electron chi connectivity index (χ4n) is 3.12. The highest BCUT2D eigenvalue weighted by Crippen LogP contribution is 2.32. The van der Waals surface area contributed by atoms with Gasteiger partial charge in [-0.1, -0.05) is 41.9 Å². The van der Waals surface area contributed by atoms with E-state index in [1.807, 2.05) is 35.2 Å². The molecular weight excluding hydrogens is 300 g/mol. The average molecular weight is 319 g/mol. The van der Waals surface area contributed by atoms with Crippen molar-refractivity contribution in [2.24, 2.45) is 0 Å². The average Bonchev–Trinajstić information content (AvgIpc) is 2.73. The van der Waals surface area contributed by atoms with Crippen LogP contribution in [-0.2, 0) is 16.1 Å². The van der Waals surface area contributed by atoms with Crippen LogP contribution in [0, 0.1) is 0 Å². The summed E-state index contributed by atoms with van der Waals surface area (Å²) < 4.78 is 0. The largest absolute Gasteiger partial charge is 0.363 e. The molecule has 0 N–H and O–H groups in total. The zero-order valence-electron chi connectivity index (χ0n) is 12.6. The molecule has 22 heavy (non-hydrogen) atoms. The maximum Gasteiger partial charge on any atom is 0.279 e. The number of carbonyl (C=O) groups is 2. The Hall–Kier alpha value is -1.81. The van der Waals surface area contributed by atoms with E-state index in [4.69, 9.17) is 11.6 Å². The summed E-state index contributed by atoms with van der Waals surface area (Å²) in [5.41, 5.74) is 1.30. The first-order valence-corrected chi connectivity index (χ1v) is 8.04. The van der Waals surface area contributed by atoms with Crippen LogP contribution >= 0.6 is 11.6 Å². The van der Waals surface area contributed by atoms with Crippen molar-refractivity contribution in [3.8, 4) is 0 Å². The Bertz CT molecular complexity index is 627. The molecule has 0 saturated carbocycles. The van der Waals surface area contributed by atoms with Gasteiger partial charge in [-0.25, -0.2) is 0 Å². The molecule has 1 aromatic rings. The predicted octanol–water partition coefficient (Wildman–Crippen LogP) is 2.88. The predicted molar refractivity (Wildman–Crippen MR) is 84.9 cm³/mol. The molecule has 0 aliphatic carbocycles. The summed E-state index contributed by atoms with van der Waals surface area (Å²) in [5, 5.41) is 0.0645. The number of benzene rings is 1. The molecular formula is C17H19ClN2O2. The van der Waals surface area contributed by atoms with Crippen LogP contribution in [0.5, 0.6) is 0 Å². The number of imide groups is 1. The van der Waals surface area contributed by atoms with E-state index in [1.165, 1.54) is 4.90 Å². The van der Waals surface area contributed by atoms with E-state index in [9.17, 15) is 9.59 Å². The summed E-state index contributed by atoms with van der Waals surface area (Å²) in [6.45, 7) is 3.12. The Morgan fingerprint density at radius 3 is 2.55 bits per heavy atom. The molecule has 4 nitrogen and oxygen atoms in total. The van der Waals surface area contributed by atoms with Crippen molar-refractivity contribution in [2.45, 2.75) is 38.8 Å². The second-order valence-electron chi connectivity index (χ2n) is 5.88. The van der Waals surface area contributed by atoms with Gasteiger partial charge in [-0.05, 0) is 31.7 Å². The molecule has 1 unspecified atom stereocenters. The van der Waals surface area contributed by atoms with Crippen molar-refractivity contribution in [1.82, 2.24) is 9.80 Å². The van der Waals surface area contributed by atoms with Crippen molar-refractivity contribution < 1.29 is 9.59 Å². The lowest BCUT2D eigenvalue weighted by molar-refractivity contribution is -0.138. The van der Waals surface area contributed by atoms with Crippen molar-refractivity contribution in [1.29, 1.82) is 0 Å². The molecule has 1 saturated heterocycles. The van der Waals surface area contributed by atoms with Gasteiger partial charge in [-0.2, -0.15) is 0 Å². The Labute approximate surface area is 135 Å². The number of carbonyl (C=O) groups excluding carboxylic acids is 2. The van der Waals surface area contributed by atoms with Crippen molar-refractivity contribution in [2.75, 3.05) is 6.54 Å². The lowest BCUT2D eigenvalue weighted by Crippen LogP contribution is -2.41. The SMILES string of the molecule is CC1CCCCN1C1=C(Cl)C(=O)N(Cc2ccccc2)C1=O. The van der Waals surface area contributed by atoms with Gasteiger partial charge in [0.25, 0.3) is 11.8 Å². The number of amides is 2. The normalized spacial score (nSPS) is 22.7. The lowest BCUT2D eigenvalue weighted by Gasteiger charge is -2.35. The molecule has 1 aromatic carbocycles. The molecule has 3 rings (SSSR count). The summed E-state index contributed by atoms with van der Waals surface area (Å²) in [6.07, 6.45) is 3.20. The van der Waals surface area contributed by atoms with Crippen LogP contribution in [0.25, 0.3) is 0 Å². The van der Waals surface area contributed by atoms with Gasteiger partial charge in [-0.3, -0.25) is 14.5 Å². The van der Waals surface area contributed by atoms with Gasteiger partial charge in [0, 0.05) is 12.6 Å².